The van der Waals surface area contributed by atoms with Gasteiger partial charge in [0.05, 0.1) is 13.2 Å². The quantitative estimate of drug-likeness (QED) is 0.538. The van der Waals surface area contributed by atoms with E-state index in [0.29, 0.717) is 30.7 Å². The minimum absolute atomic E-state index is 0.454. The van der Waals surface area contributed by atoms with Crippen LogP contribution in [0.25, 0.3) is 22.8 Å². The van der Waals surface area contributed by atoms with Crippen LogP contribution >= 0.6 is 0 Å². The molecule has 0 amide bonds. The van der Waals surface area contributed by atoms with Crippen LogP contribution in [0.15, 0.2) is 47.0 Å². The highest BCUT2D eigenvalue weighted by Crippen LogP contribution is 2.33. The summed E-state index contributed by atoms with van der Waals surface area (Å²) in [4.78, 5) is 6.68. The summed E-state index contributed by atoms with van der Waals surface area (Å²) < 4.78 is 16.9. The minimum Gasteiger partial charge on any atom is -0.490 e. The first-order valence-electron chi connectivity index (χ1n) is 9.58. The lowest BCUT2D eigenvalue weighted by molar-refractivity contribution is 0.277. The van der Waals surface area contributed by atoms with Gasteiger partial charge in [0.15, 0.2) is 11.5 Å². The molecule has 0 radical (unpaired) electrons. The Bertz CT molecular complexity index is 888. The van der Waals surface area contributed by atoms with Gasteiger partial charge in [-0.1, -0.05) is 36.3 Å². The van der Waals surface area contributed by atoms with Gasteiger partial charge in [-0.05, 0) is 51.2 Å². The van der Waals surface area contributed by atoms with Crippen LogP contribution in [0.1, 0.15) is 25.8 Å². The summed E-state index contributed by atoms with van der Waals surface area (Å²) in [6, 6.07) is 13.9. The van der Waals surface area contributed by atoms with Gasteiger partial charge in [-0.3, -0.25) is 0 Å². The molecule has 6 heteroatoms. The van der Waals surface area contributed by atoms with E-state index in [2.05, 4.69) is 48.2 Å². The summed E-state index contributed by atoms with van der Waals surface area (Å²) in [6.07, 6.45) is 0.938. The fourth-order valence-corrected chi connectivity index (χ4v) is 2.82. The topological polar surface area (TPSA) is 60.6 Å². The third kappa shape index (κ3) is 4.89. The molecule has 0 bridgehead atoms. The maximum absolute atomic E-state index is 5.75. The predicted octanol–water partition coefficient (Wildman–Crippen LogP) is 4.65. The molecule has 0 aliphatic rings. The van der Waals surface area contributed by atoms with Crippen molar-refractivity contribution in [3.05, 3.63) is 48.0 Å². The van der Waals surface area contributed by atoms with Gasteiger partial charge in [-0.2, -0.15) is 4.98 Å². The zero-order valence-corrected chi connectivity index (χ0v) is 16.9. The molecule has 0 saturated heterocycles. The Hall–Kier alpha value is -2.86. The zero-order valence-electron chi connectivity index (χ0n) is 16.9. The highest BCUT2D eigenvalue weighted by atomic mass is 16.5. The fourth-order valence-electron chi connectivity index (χ4n) is 2.82. The molecule has 0 aliphatic carbocycles. The van der Waals surface area contributed by atoms with E-state index in [1.54, 1.807) is 0 Å². The lowest BCUT2D eigenvalue weighted by Gasteiger charge is -2.11. The highest BCUT2D eigenvalue weighted by molar-refractivity contribution is 5.63. The van der Waals surface area contributed by atoms with Crippen molar-refractivity contribution in [3.8, 4) is 34.3 Å². The van der Waals surface area contributed by atoms with Crippen LogP contribution in [0.3, 0.4) is 0 Å². The van der Waals surface area contributed by atoms with Gasteiger partial charge in [0.25, 0.3) is 5.89 Å². The fraction of sp³-hybridized carbons (Fsp3) is 0.364. The summed E-state index contributed by atoms with van der Waals surface area (Å²) >= 11 is 0. The Morgan fingerprint density at radius 1 is 0.929 bits per heavy atom. The maximum atomic E-state index is 5.75. The van der Waals surface area contributed by atoms with Crippen molar-refractivity contribution in [2.75, 3.05) is 27.3 Å². The molecule has 0 saturated carbocycles. The van der Waals surface area contributed by atoms with E-state index in [1.807, 2.05) is 37.3 Å². The van der Waals surface area contributed by atoms with E-state index in [0.717, 1.165) is 29.8 Å². The molecule has 1 heterocycles. The van der Waals surface area contributed by atoms with E-state index in [9.17, 15) is 0 Å². The molecule has 0 unspecified atom stereocenters. The maximum Gasteiger partial charge on any atom is 0.258 e. The van der Waals surface area contributed by atoms with Gasteiger partial charge in [0.1, 0.15) is 0 Å². The molecular formula is C22H27N3O3. The van der Waals surface area contributed by atoms with Crippen molar-refractivity contribution in [3.63, 3.8) is 0 Å². The first-order valence-corrected chi connectivity index (χ1v) is 9.58. The van der Waals surface area contributed by atoms with E-state index >= 15 is 0 Å². The number of ether oxygens (including phenoxy) is 2. The van der Waals surface area contributed by atoms with Crippen LogP contribution in [-0.2, 0) is 6.54 Å². The van der Waals surface area contributed by atoms with Gasteiger partial charge in [0, 0.05) is 17.7 Å². The SMILES string of the molecule is CCCOc1ccc(-c2nc(-c3ccc(CN(C)C)cc3)no2)cc1OCC. The van der Waals surface area contributed by atoms with Crippen molar-refractivity contribution in [1.29, 1.82) is 0 Å². The summed E-state index contributed by atoms with van der Waals surface area (Å²) in [6.45, 7) is 6.11. The predicted molar refractivity (Wildman–Crippen MR) is 110 cm³/mol. The molecule has 0 aliphatic heterocycles. The second-order valence-electron chi connectivity index (χ2n) is 6.80. The number of aromatic nitrogens is 2. The summed E-state index contributed by atoms with van der Waals surface area (Å²) in [5.41, 5.74) is 2.96. The molecule has 148 valence electrons. The molecular weight excluding hydrogens is 354 g/mol. The van der Waals surface area contributed by atoms with Gasteiger partial charge in [-0.25, -0.2) is 0 Å². The lowest BCUT2D eigenvalue weighted by atomic mass is 10.1. The molecule has 0 atom stereocenters. The Balaban J connectivity index is 1.82. The van der Waals surface area contributed by atoms with Crippen LogP contribution in [0.5, 0.6) is 11.5 Å². The monoisotopic (exact) mass is 381 g/mol. The third-order valence-electron chi connectivity index (χ3n) is 4.09. The summed E-state index contributed by atoms with van der Waals surface area (Å²) in [7, 11) is 4.10. The second kappa shape index (κ2) is 9.37. The molecule has 2 aromatic carbocycles. The van der Waals surface area contributed by atoms with Crippen molar-refractivity contribution in [2.45, 2.75) is 26.8 Å². The average molecular weight is 381 g/mol. The normalized spacial score (nSPS) is 11.0. The summed E-state index contributed by atoms with van der Waals surface area (Å²) in [5.74, 6) is 2.43. The van der Waals surface area contributed by atoms with Crippen LogP contribution in [0.4, 0.5) is 0 Å². The second-order valence-corrected chi connectivity index (χ2v) is 6.80. The van der Waals surface area contributed by atoms with Crippen LogP contribution in [0, 0.1) is 0 Å². The number of rotatable bonds is 9. The highest BCUT2D eigenvalue weighted by Gasteiger charge is 2.14. The van der Waals surface area contributed by atoms with E-state index in [1.165, 1.54) is 5.56 Å². The Kier molecular flexibility index (Phi) is 6.66. The van der Waals surface area contributed by atoms with Crippen molar-refractivity contribution < 1.29 is 14.0 Å². The van der Waals surface area contributed by atoms with E-state index in [-0.39, 0.29) is 0 Å². The molecule has 0 N–H and O–H groups in total. The standard InChI is InChI=1S/C22H27N3O3/c1-5-13-27-19-12-11-18(14-20(19)26-6-2)22-23-21(24-28-22)17-9-7-16(8-10-17)15-25(3)4/h7-12,14H,5-6,13,15H2,1-4H3. The van der Waals surface area contributed by atoms with Gasteiger partial charge >= 0.3 is 0 Å². The Morgan fingerprint density at radius 2 is 1.68 bits per heavy atom. The number of nitrogens with zero attached hydrogens (tertiary/aromatic N) is 3. The zero-order chi connectivity index (χ0) is 19.9. The van der Waals surface area contributed by atoms with Gasteiger partial charge in [0.2, 0.25) is 5.82 Å². The average Bonchev–Trinajstić information content (AvgIpc) is 3.17. The third-order valence-corrected chi connectivity index (χ3v) is 4.09. The molecule has 6 nitrogen and oxygen atoms in total. The van der Waals surface area contributed by atoms with Gasteiger partial charge < -0.3 is 18.9 Å². The molecule has 0 fully saturated rings. The molecule has 3 rings (SSSR count). The lowest BCUT2D eigenvalue weighted by Crippen LogP contribution is -2.10. The molecule has 3 aromatic rings. The van der Waals surface area contributed by atoms with Crippen molar-refractivity contribution >= 4 is 0 Å². The Morgan fingerprint density at radius 3 is 2.36 bits per heavy atom. The van der Waals surface area contributed by atoms with Crippen LogP contribution < -0.4 is 9.47 Å². The van der Waals surface area contributed by atoms with Crippen LogP contribution in [-0.4, -0.2) is 42.3 Å². The van der Waals surface area contributed by atoms with Crippen molar-refractivity contribution in [1.82, 2.24) is 15.0 Å². The number of benzene rings is 2. The molecule has 1 aromatic heterocycles. The smallest absolute Gasteiger partial charge is 0.258 e. The molecule has 0 spiro atoms. The van der Waals surface area contributed by atoms with Gasteiger partial charge in [-0.15, -0.1) is 0 Å². The largest absolute Gasteiger partial charge is 0.490 e. The number of hydrogen-bond acceptors (Lipinski definition) is 6. The van der Waals surface area contributed by atoms with Crippen LogP contribution in [0.2, 0.25) is 0 Å². The first kappa shape index (κ1) is 19.9. The molecule has 28 heavy (non-hydrogen) atoms. The summed E-state index contributed by atoms with van der Waals surface area (Å²) in [5, 5.41) is 4.13. The first-order chi connectivity index (χ1) is 13.6. The van der Waals surface area contributed by atoms with Crippen molar-refractivity contribution in [2.24, 2.45) is 0 Å². The van der Waals surface area contributed by atoms with E-state index in [4.69, 9.17) is 14.0 Å². The van der Waals surface area contributed by atoms with E-state index < -0.39 is 0 Å². The number of hydrogen-bond donors (Lipinski definition) is 0. The Labute approximate surface area is 166 Å². The minimum atomic E-state index is 0.454.